The fraction of sp³-hybridized carbons (Fsp3) is 0.842. The number of imide groups is 1. The van der Waals surface area contributed by atoms with Gasteiger partial charge in [-0.1, -0.05) is 20.3 Å². The van der Waals surface area contributed by atoms with Gasteiger partial charge in [-0.3, -0.25) is 14.5 Å². The lowest BCUT2D eigenvalue weighted by Crippen LogP contribution is -2.54. The number of hydrogen-bond acceptors (Lipinski definition) is 4. The van der Waals surface area contributed by atoms with Gasteiger partial charge in [0.1, 0.15) is 12.1 Å². The monoisotopic (exact) mass is 365 g/mol. The second kappa shape index (κ2) is 7.18. The zero-order valence-corrected chi connectivity index (χ0v) is 15.9. The van der Waals surface area contributed by atoms with Crippen LogP contribution in [0, 0.1) is 5.92 Å². The summed E-state index contributed by atoms with van der Waals surface area (Å²) >= 11 is 0. The molecule has 0 bridgehead atoms. The van der Waals surface area contributed by atoms with E-state index in [1.54, 1.807) is 4.90 Å². The fourth-order valence-corrected chi connectivity index (χ4v) is 4.93. The topological polar surface area (TPSA) is 90.0 Å². The van der Waals surface area contributed by atoms with E-state index in [1.807, 2.05) is 6.92 Å². The Labute approximate surface area is 155 Å². The van der Waals surface area contributed by atoms with Gasteiger partial charge in [-0.2, -0.15) is 0 Å². The summed E-state index contributed by atoms with van der Waals surface area (Å²) in [7, 11) is 0. The summed E-state index contributed by atoms with van der Waals surface area (Å²) < 4.78 is 0. The molecule has 2 N–H and O–H groups in total. The number of nitrogens with zero attached hydrogens (tertiary/aromatic N) is 2. The molecule has 4 amide bonds. The van der Waals surface area contributed by atoms with Gasteiger partial charge in [-0.05, 0) is 50.9 Å². The quantitative estimate of drug-likeness (QED) is 0.725. The van der Waals surface area contributed by atoms with E-state index in [4.69, 9.17) is 0 Å². The number of rotatable bonds is 5. The average molecular weight is 365 g/mol. The van der Waals surface area contributed by atoms with Gasteiger partial charge >= 0.3 is 6.03 Å². The molecule has 3 aliphatic rings. The molecule has 0 aromatic carbocycles. The summed E-state index contributed by atoms with van der Waals surface area (Å²) in [6, 6.07) is -0.455. The first-order chi connectivity index (χ1) is 12.4. The van der Waals surface area contributed by atoms with Gasteiger partial charge in [-0.25, -0.2) is 4.79 Å². The number of amides is 4. The molecular weight excluding hydrogens is 334 g/mol. The third kappa shape index (κ3) is 3.00. The van der Waals surface area contributed by atoms with E-state index in [9.17, 15) is 19.5 Å². The SMILES string of the molecule is CCC1CCC2(CC1)NC(=O)N(CC(=O)N1CCC[C@@]1(CC)CO)C2=O. The summed E-state index contributed by atoms with van der Waals surface area (Å²) in [4.78, 5) is 41.0. The third-order valence-electron chi connectivity index (χ3n) is 6.93. The maximum Gasteiger partial charge on any atom is 0.325 e. The Morgan fingerprint density at radius 2 is 1.92 bits per heavy atom. The summed E-state index contributed by atoms with van der Waals surface area (Å²) in [5.74, 6) is 0.109. The largest absolute Gasteiger partial charge is 0.394 e. The number of aliphatic hydroxyl groups is 1. The van der Waals surface area contributed by atoms with Crippen LogP contribution in [0.2, 0.25) is 0 Å². The predicted molar refractivity (Wildman–Crippen MR) is 96.3 cm³/mol. The average Bonchev–Trinajstić information content (AvgIpc) is 3.18. The number of urea groups is 1. The predicted octanol–water partition coefficient (Wildman–Crippen LogP) is 1.64. The maximum absolute atomic E-state index is 13.0. The highest BCUT2D eigenvalue weighted by molar-refractivity contribution is 6.09. The van der Waals surface area contributed by atoms with E-state index >= 15 is 0 Å². The van der Waals surface area contributed by atoms with Crippen LogP contribution in [0.4, 0.5) is 4.79 Å². The highest BCUT2D eigenvalue weighted by Gasteiger charge is 2.53. The van der Waals surface area contributed by atoms with Gasteiger partial charge in [0.15, 0.2) is 0 Å². The van der Waals surface area contributed by atoms with Gasteiger partial charge in [0.05, 0.1) is 12.1 Å². The smallest absolute Gasteiger partial charge is 0.325 e. The van der Waals surface area contributed by atoms with Crippen molar-refractivity contribution in [2.45, 2.75) is 76.3 Å². The molecule has 146 valence electrons. The van der Waals surface area contributed by atoms with E-state index in [0.29, 0.717) is 31.7 Å². The molecule has 0 aromatic heterocycles. The maximum atomic E-state index is 13.0. The van der Waals surface area contributed by atoms with Crippen LogP contribution in [-0.4, -0.2) is 63.5 Å². The zero-order valence-electron chi connectivity index (χ0n) is 15.9. The number of carbonyl (C=O) groups excluding carboxylic acids is 3. The molecule has 1 spiro atoms. The Morgan fingerprint density at radius 1 is 1.23 bits per heavy atom. The van der Waals surface area contributed by atoms with Crippen LogP contribution in [0.15, 0.2) is 0 Å². The molecule has 1 atom stereocenters. The van der Waals surface area contributed by atoms with Gasteiger partial charge in [0.2, 0.25) is 5.91 Å². The van der Waals surface area contributed by atoms with Crippen LogP contribution in [0.5, 0.6) is 0 Å². The minimum Gasteiger partial charge on any atom is -0.394 e. The summed E-state index contributed by atoms with van der Waals surface area (Å²) in [6.45, 7) is 4.36. The van der Waals surface area contributed by atoms with Crippen LogP contribution in [0.3, 0.4) is 0 Å². The number of nitrogens with one attached hydrogen (secondary N) is 1. The molecule has 7 nitrogen and oxygen atoms in total. The van der Waals surface area contributed by atoms with Crippen molar-refractivity contribution in [3.05, 3.63) is 0 Å². The third-order valence-corrected chi connectivity index (χ3v) is 6.93. The number of hydrogen-bond donors (Lipinski definition) is 2. The van der Waals surface area contributed by atoms with E-state index in [2.05, 4.69) is 12.2 Å². The number of carbonyl (C=O) groups is 3. The summed E-state index contributed by atoms with van der Waals surface area (Å²) in [5.41, 5.74) is -1.36. The molecule has 26 heavy (non-hydrogen) atoms. The van der Waals surface area contributed by atoms with E-state index in [-0.39, 0.29) is 25.0 Å². The highest BCUT2D eigenvalue weighted by atomic mass is 16.3. The van der Waals surface area contributed by atoms with E-state index in [0.717, 1.165) is 37.0 Å². The van der Waals surface area contributed by atoms with Gasteiger partial charge in [0.25, 0.3) is 5.91 Å². The normalized spacial score (nSPS) is 34.7. The number of likely N-dealkylation sites (tertiary alicyclic amines) is 1. The number of aliphatic hydroxyl groups excluding tert-OH is 1. The molecule has 2 saturated heterocycles. The molecule has 0 aromatic rings. The summed E-state index contributed by atoms with van der Waals surface area (Å²) in [5, 5.41) is 12.7. The van der Waals surface area contributed by atoms with Gasteiger partial charge in [0, 0.05) is 6.54 Å². The van der Waals surface area contributed by atoms with Crippen molar-refractivity contribution < 1.29 is 19.5 Å². The first-order valence-corrected chi connectivity index (χ1v) is 9.97. The van der Waals surface area contributed by atoms with Crippen LogP contribution in [0.1, 0.15) is 65.2 Å². The zero-order chi connectivity index (χ0) is 18.9. The molecule has 1 aliphatic carbocycles. The molecule has 0 radical (unpaired) electrons. The van der Waals surface area contributed by atoms with Crippen molar-refractivity contribution >= 4 is 17.8 Å². The molecule has 2 aliphatic heterocycles. The van der Waals surface area contributed by atoms with E-state index in [1.165, 1.54) is 0 Å². The van der Waals surface area contributed by atoms with Crippen LogP contribution < -0.4 is 5.32 Å². The van der Waals surface area contributed by atoms with Crippen molar-refractivity contribution in [2.24, 2.45) is 5.92 Å². The van der Waals surface area contributed by atoms with Crippen LogP contribution in [0.25, 0.3) is 0 Å². The van der Waals surface area contributed by atoms with Crippen molar-refractivity contribution in [1.29, 1.82) is 0 Å². The Morgan fingerprint density at radius 3 is 2.50 bits per heavy atom. The fourth-order valence-electron chi connectivity index (χ4n) is 4.93. The molecule has 3 fully saturated rings. The lowest BCUT2D eigenvalue weighted by atomic mass is 9.75. The van der Waals surface area contributed by atoms with Crippen molar-refractivity contribution in [3.63, 3.8) is 0 Å². The molecule has 7 heteroatoms. The van der Waals surface area contributed by atoms with E-state index < -0.39 is 17.1 Å². The first kappa shape index (κ1) is 19.1. The van der Waals surface area contributed by atoms with Crippen molar-refractivity contribution in [3.8, 4) is 0 Å². The Bertz CT molecular complexity index is 579. The first-order valence-electron chi connectivity index (χ1n) is 9.97. The van der Waals surface area contributed by atoms with Crippen LogP contribution in [-0.2, 0) is 9.59 Å². The lowest BCUT2D eigenvalue weighted by molar-refractivity contribution is -0.143. The minimum atomic E-state index is -0.813. The molecular formula is C19H31N3O4. The van der Waals surface area contributed by atoms with Gasteiger partial charge < -0.3 is 15.3 Å². The Kier molecular flexibility index (Phi) is 5.28. The lowest BCUT2D eigenvalue weighted by Gasteiger charge is -2.37. The Hall–Kier alpha value is -1.63. The second-order valence-electron chi connectivity index (χ2n) is 8.14. The molecule has 3 rings (SSSR count). The van der Waals surface area contributed by atoms with Gasteiger partial charge in [-0.15, -0.1) is 0 Å². The van der Waals surface area contributed by atoms with Crippen LogP contribution >= 0.6 is 0 Å². The molecule has 1 saturated carbocycles. The second-order valence-corrected chi connectivity index (χ2v) is 8.14. The molecule has 0 unspecified atom stereocenters. The standard InChI is InChI=1S/C19H31N3O4/c1-3-14-6-9-19(10-7-14)16(25)21(17(26)20-19)12-15(24)22-11-5-8-18(22,4-2)13-23/h14,23H,3-13H2,1-2H3,(H,20,26)/t14?,18-,19?/m0/s1. The van der Waals surface area contributed by atoms with Crippen molar-refractivity contribution in [1.82, 2.24) is 15.1 Å². The minimum absolute atomic E-state index is 0.0856. The van der Waals surface area contributed by atoms with Crippen molar-refractivity contribution in [2.75, 3.05) is 19.7 Å². The molecule has 2 heterocycles. The Balaban J connectivity index is 1.69. The highest BCUT2D eigenvalue weighted by Crippen LogP contribution is 2.38. The summed E-state index contributed by atoms with van der Waals surface area (Å²) in [6.07, 6.45) is 6.52.